The molecule has 4 heteroatoms. The van der Waals surface area contributed by atoms with E-state index in [1.165, 1.54) is 0 Å². The van der Waals surface area contributed by atoms with Crippen molar-refractivity contribution in [1.82, 2.24) is 0 Å². The van der Waals surface area contributed by atoms with Gasteiger partial charge in [0.2, 0.25) is 0 Å². The molecule has 0 aliphatic carbocycles. The van der Waals surface area contributed by atoms with Gasteiger partial charge in [-0.1, -0.05) is 24.8 Å². The van der Waals surface area contributed by atoms with E-state index in [-0.39, 0.29) is 0 Å². The van der Waals surface area contributed by atoms with Crippen molar-refractivity contribution in [2.24, 2.45) is 4.99 Å². The molecule has 1 N–H and O–H groups in total. The van der Waals surface area contributed by atoms with Gasteiger partial charge in [-0.25, -0.2) is 4.99 Å². The predicted molar refractivity (Wildman–Crippen MR) is 74.8 cm³/mol. The van der Waals surface area contributed by atoms with E-state index in [0.29, 0.717) is 11.4 Å². The molecular weight excluding hydrogens is 278 g/mol. The van der Waals surface area contributed by atoms with Gasteiger partial charge in [-0.05, 0) is 35.0 Å². The SMILES string of the molecule is C=C(C#N)/C(=N\C=C/C)Nc1ccccc1Br. The van der Waals surface area contributed by atoms with Crippen LogP contribution in [0.25, 0.3) is 0 Å². The molecule has 0 amide bonds. The first-order chi connectivity index (χ1) is 8.19. The molecule has 0 aromatic heterocycles. The lowest BCUT2D eigenvalue weighted by molar-refractivity contribution is 1.45. The van der Waals surface area contributed by atoms with Gasteiger partial charge < -0.3 is 5.32 Å². The Morgan fingerprint density at radius 1 is 1.53 bits per heavy atom. The fourth-order valence-electron chi connectivity index (χ4n) is 1.08. The van der Waals surface area contributed by atoms with Crippen LogP contribution in [0.15, 0.2) is 58.2 Å². The van der Waals surface area contributed by atoms with Crippen molar-refractivity contribution in [3.63, 3.8) is 0 Å². The number of nitriles is 1. The number of hydrogen-bond acceptors (Lipinski definition) is 2. The molecule has 0 saturated carbocycles. The van der Waals surface area contributed by atoms with Crippen LogP contribution in [0.4, 0.5) is 5.69 Å². The maximum Gasteiger partial charge on any atom is 0.147 e. The van der Waals surface area contributed by atoms with Gasteiger partial charge in [-0.2, -0.15) is 5.26 Å². The average molecular weight is 290 g/mol. The Balaban J connectivity index is 3.00. The quantitative estimate of drug-likeness (QED) is 0.522. The molecule has 0 atom stereocenters. The summed E-state index contributed by atoms with van der Waals surface area (Å²) in [4.78, 5) is 4.13. The summed E-state index contributed by atoms with van der Waals surface area (Å²) in [5.74, 6) is 0.442. The number of aliphatic imine (C=N–C) groups is 1. The van der Waals surface area contributed by atoms with E-state index in [4.69, 9.17) is 5.26 Å². The van der Waals surface area contributed by atoms with E-state index in [1.54, 1.807) is 12.3 Å². The van der Waals surface area contributed by atoms with E-state index in [0.717, 1.165) is 10.2 Å². The van der Waals surface area contributed by atoms with Crippen molar-refractivity contribution in [2.45, 2.75) is 6.92 Å². The van der Waals surface area contributed by atoms with Gasteiger partial charge in [-0.15, -0.1) is 0 Å². The van der Waals surface area contributed by atoms with Crippen molar-refractivity contribution < 1.29 is 0 Å². The van der Waals surface area contributed by atoms with Crippen LogP contribution in [0.5, 0.6) is 0 Å². The number of para-hydroxylation sites is 1. The highest BCUT2D eigenvalue weighted by Crippen LogP contribution is 2.21. The Morgan fingerprint density at radius 2 is 2.24 bits per heavy atom. The largest absolute Gasteiger partial charge is 0.338 e. The van der Waals surface area contributed by atoms with E-state index >= 15 is 0 Å². The second kappa shape index (κ2) is 6.66. The lowest BCUT2D eigenvalue weighted by atomic mass is 10.2. The molecule has 17 heavy (non-hydrogen) atoms. The number of benzene rings is 1. The highest BCUT2D eigenvalue weighted by molar-refractivity contribution is 9.10. The van der Waals surface area contributed by atoms with Crippen molar-refractivity contribution in [3.05, 3.63) is 53.2 Å². The van der Waals surface area contributed by atoms with E-state index in [9.17, 15) is 0 Å². The summed E-state index contributed by atoms with van der Waals surface area (Å²) in [6, 6.07) is 9.59. The third-order valence-electron chi connectivity index (χ3n) is 1.90. The molecule has 0 unspecified atom stereocenters. The molecule has 1 rings (SSSR count). The van der Waals surface area contributed by atoms with Crippen LogP contribution in [0.2, 0.25) is 0 Å². The van der Waals surface area contributed by atoms with Crippen LogP contribution in [-0.2, 0) is 0 Å². The molecule has 0 heterocycles. The molecular formula is C13H12BrN3. The lowest BCUT2D eigenvalue weighted by Gasteiger charge is -2.09. The Morgan fingerprint density at radius 3 is 2.82 bits per heavy atom. The predicted octanol–water partition coefficient (Wildman–Crippen LogP) is 3.87. The Kier molecular flexibility index (Phi) is 5.18. The van der Waals surface area contributed by atoms with Gasteiger partial charge >= 0.3 is 0 Å². The van der Waals surface area contributed by atoms with Crippen molar-refractivity contribution in [1.29, 1.82) is 5.26 Å². The zero-order chi connectivity index (χ0) is 12.7. The fourth-order valence-corrected chi connectivity index (χ4v) is 1.46. The number of rotatable bonds is 3. The van der Waals surface area contributed by atoms with E-state index in [1.807, 2.05) is 37.3 Å². The highest BCUT2D eigenvalue weighted by atomic mass is 79.9. The topological polar surface area (TPSA) is 48.2 Å². The number of nitrogens with one attached hydrogen (secondary N) is 1. The molecule has 0 radical (unpaired) electrons. The normalized spacial score (nSPS) is 11.2. The maximum absolute atomic E-state index is 8.85. The molecule has 0 bridgehead atoms. The first-order valence-corrected chi connectivity index (χ1v) is 5.78. The number of nitrogens with zero attached hydrogens (tertiary/aromatic N) is 2. The van der Waals surface area contributed by atoms with Gasteiger partial charge in [0.25, 0.3) is 0 Å². The molecule has 0 fully saturated rings. The molecule has 0 aliphatic rings. The van der Waals surface area contributed by atoms with Crippen LogP contribution >= 0.6 is 15.9 Å². The Bertz CT molecular complexity index is 510. The third-order valence-corrected chi connectivity index (χ3v) is 2.59. The fraction of sp³-hybridized carbons (Fsp3) is 0.0769. The first kappa shape index (κ1) is 13.2. The summed E-state index contributed by atoms with van der Waals surface area (Å²) in [5.41, 5.74) is 1.13. The monoisotopic (exact) mass is 289 g/mol. The molecule has 0 aliphatic heterocycles. The molecule has 1 aromatic carbocycles. The summed E-state index contributed by atoms with van der Waals surface area (Å²) >= 11 is 3.42. The van der Waals surface area contributed by atoms with E-state index in [2.05, 4.69) is 32.8 Å². The number of amidine groups is 1. The van der Waals surface area contributed by atoms with Crippen molar-refractivity contribution in [3.8, 4) is 6.07 Å². The second-order valence-electron chi connectivity index (χ2n) is 3.16. The minimum absolute atomic E-state index is 0.291. The molecule has 86 valence electrons. The van der Waals surface area contributed by atoms with Gasteiger partial charge in [-0.3, -0.25) is 0 Å². The number of anilines is 1. The Hall–Kier alpha value is -1.86. The summed E-state index contributed by atoms with van der Waals surface area (Å²) in [6.45, 7) is 5.50. The Labute approximate surface area is 109 Å². The highest BCUT2D eigenvalue weighted by Gasteiger charge is 2.05. The van der Waals surface area contributed by atoms with Gasteiger partial charge in [0.15, 0.2) is 0 Å². The van der Waals surface area contributed by atoms with Gasteiger partial charge in [0.05, 0.1) is 11.3 Å². The van der Waals surface area contributed by atoms with Crippen molar-refractivity contribution >= 4 is 27.5 Å². The number of hydrogen-bond donors (Lipinski definition) is 1. The van der Waals surface area contributed by atoms with Crippen LogP contribution in [0, 0.1) is 11.3 Å². The maximum atomic E-state index is 8.85. The van der Waals surface area contributed by atoms with Gasteiger partial charge in [0.1, 0.15) is 11.9 Å². The summed E-state index contributed by atoms with van der Waals surface area (Å²) in [5, 5.41) is 11.9. The minimum atomic E-state index is 0.291. The summed E-state index contributed by atoms with van der Waals surface area (Å²) in [7, 11) is 0. The lowest BCUT2D eigenvalue weighted by Crippen LogP contribution is -2.13. The minimum Gasteiger partial charge on any atom is -0.338 e. The molecule has 0 saturated heterocycles. The standard InChI is InChI=1S/C13H12BrN3/c1-3-8-16-13(10(2)9-15)17-12-7-5-4-6-11(12)14/h3-8H,2H2,1H3,(H,16,17)/b8-3-. The van der Waals surface area contributed by atoms with Crippen molar-refractivity contribution in [2.75, 3.05) is 5.32 Å². The molecule has 1 aromatic rings. The number of allylic oxidation sites excluding steroid dienone is 1. The summed E-state index contributed by atoms with van der Waals surface area (Å²) < 4.78 is 0.902. The van der Waals surface area contributed by atoms with Crippen LogP contribution in [0.1, 0.15) is 6.92 Å². The smallest absolute Gasteiger partial charge is 0.147 e. The van der Waals surface area contributed by atoms with E-state index < -0.39 is 0 Å². The second-order valence-corrected chi connectivity index (χ2v) is 4.01. The average Bonchev–Trinajstić information content (AvgIpc) is 2.35. The van der Waals surface area contributed by atoms with Crippen LogP contribution in [-0.4, -0.2) is 5.84 Å². The first-order valence-electron chi connectivity index (χ1n) is 4.99. The third kappa shape index (κ3) is 3.89. The molecule has 0 spiro atoms. The summed E-state index contributed by atoms with van der Waals surface area (Å²) in [6.07, 6.45) is 3.40. The van der Waals surface area contributed by atoms with Crippen LogP contribution in [0.3, 0.4) is 0 Å². The molecule has 3 nitrogen and oxygen atoms in total. The number of halogens is 1. The zero-order valence-corrected chi connectivity index (χ0v) is 11.0. The van der Waals surface area contributed by atoms with Gasteiger partial charge in [0, 0.05) is 10.7 Å². The zero-order valence-electron chi connectivity index (χ0n) is 9.44. The van der Waals surface area contributed by atoms with Crippen LogP contribution < -0.4 is 5.32 Å².